The van der Waals surface area contributed by atoms with E-state index >= 15 is 0 Å². The highest BCUT2D eigenvalue weighted by Crippen LogP contribution is 2.28. The van der Waals surface area contributed by atoms with Crippen LogP contribution >= 0.6 is 0 Å². The second-order valence-electron chi connectivity index (χ2n) is 6.76. The predicted octanol–water partition coefficient (Wildman–Crippen LogP) is 2.23. The topological polar surface area (TPSA) is 49.6 Å². The smallest absolute Gasteiger partial charge is 0.222 e. The highest BCUT2D eigenvalue weighted by atomic mass is 16.2. The average Bonchev–Trinajstić information content (AvgIpc) is 3.03. The third-order valence-electron chi connectivity index (χ3n) is 5.14. The van der Waals surface area contributed by atoms with Crippen LogP contribution in [0, 0.1) is 5.92 Å². The molecule has 0 aromatic rings. The Hall–Kier alpha value is -0.610. The van der Waals surface area contributed by atoms with E-state index in [-0.39, 0.29) is 0 Å². The maximum Gasteiger partial charge on any atom is 0.222 e. The molecule has 2 rings (SSSR count). The van der Waals surface area contributed by atoms with Crippen molar-refractivity contribution >= 4 is 5.91 Å². The molecule has 2 aliphatic rings. The fourth-order valence-electron chi connectivity index (χ4n) is 3.66. The molecule has 0 atom stereocenters. The summed E-state index contributed by atoms with van der Waals surface area (Å²) < 4.78 is 0. The number of nitrogens with zero attached hydrogens (tertiary/aromatic N) is 2. The van der Waals surface area contributed by atoms with Gasteiger partial charge < -0.3 is 10.6 Å². The van der Waals surface area contributed by atoms with E-state index < -0.39 is 0 Å². The van der Waals surface area contributed by atoms with Crippen molar-refractivity contribution in [2.75, 3.05) is 39.3 Å². The normalized spacial score (nSPS) is 21.1. The quantitative estimate of drug-likeness (QED) is 0.699. The van der Waals surface area contributed by atoms with Crippen molar-refractivity contribution in [3.63, 3.8) is 0 Å². The van der Waals surface area contributed by atoms with E-state index in [0.717, 1.165) is 57.9 Å². The summed E-state index contributed by atoms with van der Waals surface area (Å²) in [5.41, 5.74) is 5.52. The molecule has 2 fully saturated rings. The van der Waals surface area contributed by atoms with Gasteiger partial charge in [0.25, 0.3) is 0 Å². The van der Waals surface area contributed by atoms with Crippen molar-refractivity contribution < 1.29 is 4.79 Å². The number of amides is 1. The first-order valence-electron chi connectivity index (χ1n) is 9.00. The number of carbonyl (C=O) groups excluding carboxylic acids is 1. The molecule has 0 bridgehead atoms. The standard InChI is InChI=1S/C17H33N3O/c18-10-4-1-5-11-19-12-14-20(15-13-19)17(21)9-8-16-6-2-3-7-16/h16H,1-15,18H2. The molecule has 0 spiro atoms. The monoisotopic (exact) mass is 295 g/mol. The minimum absolute atomic E-state index is 0.393. The van der Waals surface area contributed by atoms with Crippen LogP contribution in [0.25, 0.3) is 0 Å². The highest BCUT2D eigenvalue weighted by molar-refractivity contribution is 5.76. The number of unbranched alkanes of at least 4 members (excludes halogenated alkanes) is 2. The molecule has 0 aromatic carbocycles. The molecule has 0 aromatic heterocycles. The molecule has 1 saturated carbocycles. The molecule has 21 heavy (non-hydrogen) atoms. The Morgan fingerprint density at radius 2 is 1.71 bits per heavy atom. The average molecular weight is 295 g/mol. The predicted molar refractivity (Wildman–Crippen MR) is 87.1 cm³/mol. The molecule has 1 heterocycles. The summed E-state index contributed by atoms with van der Waals surface area (Å²) in [6, 6.07) is 0. The summed E-state index contributed by atoms with van der Waals surface area (Å²) in [7, 11) is 0. The Morgan fingerprint density at radius 3 is 2.38 bits per heavy atom. The van der Waals surface area contributed by atoms with Crippen molar-refractivity contribution in [3.8, 4) is 0 Å². The molecule has 122 valence electrons. The minimum Gasteiger partial charge on any atom is -0.340 e. The molecule has 1 aliphatic heterocycles. The molecular weight excluding hydrogens is 262 g/mol. The van der Waals surface area contributed by atoms with Crippen LogP contribution in [0.4, 0.5) is 0 Å². The first-order valence-corrected chi connectivity index (χ1v) is 9.00. The summed E-state index contributed by atoms with van der Waals surface area (Å²) >= 11 is 0. The first kappa shape index (κ1) is 16.8. The van der Waals surface area contributed by atoms with Crippen LogP contribution < -0.4 is 5.73 Å². The van der Waals surface area contributed by atoms with Crippen molar-refractivity contribution in [2.24, 2.45) is 11.7 Å². The number of rotatable bonds is 8. The van der Waals surface area contributed by atoms with Gasteiger partial charge in [0.1, 0.15) is 0 Å². The van der Waals surface area contributed by atoms with E-state index in [9.17, 15) is 4.79 Å². The molecule has 1 saturated heterocycles. The van der Waals surface area contributed by atoms with E-state index in [1.54, 1.807) is 0 Å². The fraction of sp³-hybridized carbons (Fsp3) is 0.941. The van der Waals surface area contributed by atoms with Crippen molar-refractivity contribution in [1.82, 2.24) is 9.80 Å². The van der Waals surface area contributed by atoms with Crippen LogP contribution in [0.15, 0.2) is 0 Å². The molecule has 1 aliphatic carbocycles. The molecule has 2 N–H and O–H groups in total. The lowest BCUT2D eigenvalue weighted by Crippen LogP contribution is -2.48. The lowest BCUT2D eigenvalue weighted by Gasteiger charge is -2.35. The van der Waals surface area contributed by atoms with Crippen molar-refractivity contribution in [2.45, 2.75) is 57.8 Å². The van der Waals surface area contributed by atoms with Crippen molar-refractivity contribution in [1.29, 1.82) is 0 Å². The van der Waals surface area contributed by atoms with E-state index in [0.29, 0.717) is 5.91 Å². The van der Waals surface area contributed by atoms with Crippen LogP contribution in [0.3, 0.4) is 0 Å². The molecule has 1 amide bonds. The number of hydrogen-bond donors (Lipinski definition) is 1. The van der Waals surface area contributed by atoms with Crippen LogP contribution in [-0.4, -0.2) is 55.0 Å². The van der Waals surface area contributed by atoms with Gasteiger partial charge in [0, 0.05) is 32.6 Å². The summed E-state index contributed by atoms with van der Waals surface area (Å²) in [6.45, 7) is 5.95. The Balaban J connectivity index is 1.56. The van der Waals surface area contributed by atoms with Crippen LogP contribution in [-0.2, 0) is 4.79 Å². The van der Waals surface area contributed by atoms with Gasteiger partial charge in [0.15, 0.2) is 0 Å². The second kappa shape index (κ2) is 9.42. The Labute approximate surface area is 130 Å². The lowest BCUT2D eigenvalue weighted by atomic mass is 10.0. The highest BCUT2D eigenvalue weighted by Gasteiger charge is 2.22. The Bertz CT molecular complexity index is 294. The summed E-state index contributed by atoms with van der Waals surface area (Å²) in [4.78, 5) is 16.8. The summed E-state index contributed by atoms with van der Waals surface area (Å²) in [6.07, 6.45) is 11.0. The van der Waals surface area contributed by atoms with E-state index in [2.05, 4.69) is 9.80 Å². The molecule has 4 heteroatoms. The maximum atomic E-state index is 12.3. The van der Waals surface area contributed by atoms with Crippen LogP contribution in [0.2, 0.25) is 0 Å². The largest absolute Gasteiger partial charge is 0.340 e. The zero-order chi connectivity index (χ0) is 14.9. The SMILES string of the molecule is NCCCCCN1CCN(C(=O)CCC2CCCC2)CC1. The van der Waals surface area contributed by atoms with E-state index in [1.807, 2.05) is 0 Å². The van der Waals surface area contributed by atoms with E-state index in [4.69, 9.17) is 5.73 Å². The van der Waals surface area contributed by atoms with Gasteiger partial charge >= 0.3 is 0 Å². The summed E-state index contributed by atoms with van der Waals surface area (Å²) in [5.74, 6) is 1.22. The van der Waals surface area contributed by atoms with Gasteiger partial charge in [0.05, 0.1) is 0 Å². The molecular formula is C17H33N3O. The number of piperazine rings is 1. The third-order valence-corrected chi connectivity index (χ3v) is 5.14. The number of carbonyl (C=O) groups is 1. The Kier molecular flexibility index (Phi) is 7.51. The number of hydrogen-bond acceptors (Lipinski definition) is 3. The maximum absolute atomic E-state index is 12.3. The Morgan fingerprint density at radius 1 is 1.00 bits per heavy atom. The molecule has 0 unspecified atom stereocenters. The van der Waals surface area contributed by atoms with Gasteiger partial charge in [-0.2, -0.15) is 0 Å². The number of nitrogens with two attached hydrogens (primary N) is 1. The lowest BCUT2D eigenvalue weighted by molar-refractivity contribution is -0.133. The van der Waals surface area contributed by atoms with Crippen molar-refractivity contribution in [3.05, 3.63) is 0 Å². The van der Waals surface area contributed by atoms with Gasteiger partial charge in [-0.3, -0.25) is 9.69 Å². The molecule has 0 radical (unpaired) electrons. The molecule has 4 nitrogen and oxygen atoms in total. The van der Waals surface area contributed by atoms with Gasteiger partial charge in [-0.05, 0) is 38.3 Å². The van der Waals surface area contributed by atoms with Crippen LogP contribution in [0.1, 0.15) is 57.8 Å². The minimum atomic E-state index is 0.393. The zero-order valence-corrected chi connectivity index (χ0v) is 13.6. The third kappa shape index (κ3) is 5.95. The van der Waals surface area contributed by atoms with Crippen LogP contribution in [0.5, 0.6) is 0 Å². The van der Waals surface area contributed by atoms with E-state index in [1.165, 1.54) is 45.1 Å². The van der Waals surface area contributed by atoms with Gasteiger partial charge in [-0.25, -0.2) is 0 Å². The second-order valence-corrected chi connectivity index (χ2v) is 6.76. The summed E-state index contributed by atoms with van der Waals surface area (Å²) in [5, 5.41) is 0. The van der Waals surface area contributed by atoms with Gasteiger partial charge in [-0.15, -0.1) is 0 Å². The van der Waals surface area contributed by atoms with Gasteiger partial charge in [-0.1, -0.05) is 32.1 Å². The van der Waals surface area contributed by atoms with Gasteiger partial charge in [0.2, 0.25) is 5.91 Å². The fourth-order valence-corrected chi connectivity index (χ4v) is 3.66. The zero-order valence-electron chi connectivity index (χ0n) is 13.6. The first-order chi connectivity index (χ1) is 10.3.